The lowest BCUT2D eigenvalue weighted by Gasteiger charge is -2.20. The first kappa shape index (κ1) is 13.0. The van der Waals surface area contributed by atoms with E-state index in [1.807, 2.05) is 6.92 Å². The number of carbonyl (C=O) groups excluding carboxylic acids is 1. The van der Waals surface area contributed by atoms with Gasteiger partial charge in [-0.1, -0.05) is 0 Å². The first-order valence-corrected chi connectivity index (χ1v) is 7.55. The number of hydrogen-bond acceptors (Lipinski definition) is 5. The van der Waals surface area contributed by atoms with Crippen LogP contribution in [0.1, 0.15) is 17.1 Å². The molecule has 6 heteroatoms. The standard InChI is InChI=1S/C13H19N3O2S/c1-8-7-19-11(15-8)6-16-5-9(13(17)14-2)12-10(16)3-4-18-12/h7,9-10,12H,3-6H2,1-2H3,(H,14,17)/t9-,10+,12+/m0/s1. The van der Waals surface area contributed by atoms with Gasteiger partial charge >= 0.3 is 0 Å². The molecule has 1 aromatic rings. The second-order valence-corrected chi connectivity index (χ2v) is 6.17. The summed E-state index contributed by atoms with van der Waals surface area (Å²) < 4.78 is 5.77. The molecule has 1 amide bonds. The van der Waals surface area contributed by atoms with Gasteiger partial charge in [0.25, 0.3) is 0 Å². The van der Waals surface area contributed by atoms with Crippen LogP contribution in [0.5, 0.6) is 0 Å². The van der Waals surface area contributed by atoms with E-state index in [1.54, 1.807) is 18.4 Å². The van der Waals surface area contributed by atoms with E-state index >= 15 is 0 Å². The minimum Gasteiger partial charge on any atom is -0.376 e. The van der Waals surface area contributed by atoms with Gasteiger partial charge in [0.15, 0.2) is 0 Å². The van der Waals surface area contributed by atoms with Crippen LogP contribution >= 0.6 is 11.3 Å². The van der Waals surface area contributed by atoms with Gasteiger partial charge < -0.3 is 10.1 Å². The number of hydrogen-bond donors (Lipinski definition) is 1. The van der Waals surface area contributed by atoms with Gasteiger partial charge in [-0.3, -0.25) is 9.69 Å². The predicted octanol–water partition coefficient (Wildman–Crippen LogP) is 0.787. The summed E-state index contributed by atoms with van der Waals surface area (Å²) in [5.41, 5.74) is 1.07. The quantitative estimate of drug-likeness (QED) is 0.890. The molecule has 0 saturated carbocycles. The summed E-state index contributed by atoms with van der Waals surface area (Å²) in [7, 11) is 1.69. The topological polar surface area (TPSA) is 54.5 Å². The van der Waals surface area contributed by atoms with E-state index in [2.05, 4.69) is 20.6 Å². The second-order valence-electron chi connectivity index (χ2n) is 5.22. The molecule has 1 aromatic heterocycles. The number of nitrogens with one attached hydrogen (secondary N) is 1. The van der Waals surface area contributed by atoms with Gasteiger partial charge in [-0.15, -0.1) is 11.3 Å². The molecule has 0 radical (unpaired) electrons. The summed E-state index contributed by atoms with van der Waals surface area (Å²) in [6.07, 6.45) is 1.07. The highest BCUT2D eigenvalue weighted by atomic mass is 32.1. The van der Waals surface area contributed by atoms with E-state index in [1.165, 1.54) is 0 Å². The van der Waals surface area contributed by atoms with Gasteiger partial charge in [-0.25, -0.2) is 4.98 Å². The Labute approximate surface area is 117 Å². The van der Waals surface area contributed by atoms with Gasteiger partial charge in [0.1, 0.15) is 5.01 Å². The molecule has 0 bridgehead atoms. The molecule has 1 N–H and O–H groups in total. The summed E-state index contributed by atoms with van der Waals surface area (Å²) in [4.78, 5) is 18.8. The van der Waals surface area contributed by atoms with Crippen molar-refractivity contribution in [3.05, 3.63) is 16.1 Å². The predicted molar refractivity (Wildman–Crippen MR) is 73.0 cm³/mol. The van der Waals surface area contributed by atoms with Crippen LogP contribution in [-0.2, 0) is 16.1 Å². The molecule has 19 heavy (non-hydrogen) atoms. The van der Waals surface area contributed by atoms with Crippen molar-refractivity contribution >= 4 is 17.2 Å². The van der Waals surface area contributed by atoms with Gasteiger partial charge in [0.05, 0.1) is 18.6 Å². The van der Waals surface area contributed by atoms with Crippen molar-refractivity contribution in [2.75, 3.05) is 20.2 Å². The molecule has 2 aliphatic rings. The third kappa shape index (κ3) is 2.40. The van der Waals surface area contributed by atoms with E-state index in [4.69, 9.17) is 4.74 Å². The normalized spacial score (nSPS) is 30.5. The Bertz CT molecular complexity index is 476. The lowest BCUT2D eigenvalue weighted by atomic mass is 10.0. The summed E-state index contributed by atoms with van der Waals surface area (Å²) in [5.74, 6) is 0.0493. The Hall–Kier alpha value is -0.980. The number of thiazole rings is 1. The fraction of sp³-hybridized carbons (Fsp3) is 0.692. The van der Waals surface area contributed by atoms with Gasteiger partial charge in [-0.2, -0.15) is 0 Å². The maximum absolute atomic E-state index is 11.9. The van der Waals surface area contributed by atoms with Crippen molar-refractivity contribution in [2.45, 2.75) is 32.0 Å². The average Bonchev–Trinajstić information content (AvgIpc) is 3.07. The lowest BCUT2D eigenvalue weighted by Crippen LogP contribution is -2.36. The molecular formula is C13H19N3O2S. The maximum atomic E-state index is 11.9. The van der Waals surface area contributed by atoms with E-state index in [0.29, 0.717) is 6.04 Å². The van der Waals surface area contributed by atoms with E-state index in [0.717, 1.165) is 36.8 Å². The maximum Gasteiger partial charge on any atom is 0.226 e. The number of fused-ring (bicyclic) bond motifs is 1. The number of ether oxygens (including phenoxy) is 1. The zero-order valence-electron chi connectivity index (χ0n) is 11.3. The van der Waals surface area contributed by atoms with Crippen LogP contribution in [0.15, 0.2) is 5.38 Å². The largest absolute Gasteiger partial charge is 0.376 e. The number of nitrogens with zero attached hydrogens (tertiary/aromatic N) is 2. The lowest BCUT2D eigenvalue weighted by molar-refractivity contribution is -0.127. The minimum absolute atomic E-state index is 0.0430. The van der Waals surface area contributed by atoms with Crippen molar-refractivity contribution in [3.8, 4) is 0 Å². The minimum atomic E-state index is -0.0430. The molecular weight excluding hydrogens is 262 g/mol. The Morgan fingerprint density at radius 2 is 2.53 bits per heavy atom. The van der Waals surface area contributed by atoms with Crippen LogP contribution in [0.4, 0.5) is 0 Å². The van der Waals surface area contributed by atoms with Crippen LogP contribution in [0.25, 0.3) is 0 Å². The van der Waals surface area contributed by atoms with Crippen molar-refractivity contribution in [3.63, 3.8) is 0 Å². The highest BCUT2D eigenvalue weighted by Crippen LogP contribution is 2.34. The molecule has 3 rings (SSSR count). The molecule has 2 aliphatic heterocycles. The third-order valence-corrected chi connectivity index (χ3v) is 4.94. The molecule has 104 valence electrons. The summed E-state index contributed by atoms with van der Waals surface area (Å²) in [6, 6.07) is 0.367. The van der Waals surface area contributed by atoms with Crippen molar-refractivity contribution < 1.29 is 9.53 Å². The Morgan fingerprint density at radius 1 is 1.68 bits per heavy atom. The zero-order valence-corrected chi connectivity index (χ0v) is 12.1. The average molecular weight is 281 g/mol. The molecule has 3 heterocycles. The van der Waals surface area contributed by atoms with Crippen LogP contribution in [0.3, 0.4) is 0 Å². The SMILES string of the molecule is CNC(=O)[C@H]1CN(Cc2nc(C)cs2)[C@@H]2CCO[C@H]12. The van der Waals surface area contributed by atoms with Crippen molar-refractivity contribution in [1.82, 2.24) is 15.2 Å². The van der Waals surface area contributed by atoms with Gasteiger partial charge in [0, 0.05) is 37.3 Å². The number of aromatic nitrogens is 1. The van der Waals surface area contributed by atoms with Crippen LogP contribution in [0.2, 0.25) is 0 Å². The van der Waals surface area contributed by atoms with E-state index < -0.39 is 0 Å². The third-order valence-electron chi connectivity index (χ3n) is 3.99. The van der Waals surface area contributed by atoms with Gasteiger partial charge in [-0.05, 0) is 13.3 Å². The molecule has 2 fully saturated rings. The van der Waals surface area contributed by atoms with Crippen LogP contribution in [0, 0.1) is 12.8 Å². The van der Waals surface area contributed by atoms with Crippen molar-refractivity contribution in [1.29, 1.82) is 0 Å². The molecule has 0 unspecified atom stereocenters. The fourth-order valence-electron chi connectivity index (χ4n) is 3.12. The molecule has 0 spiro atoms. The summed E-state index contributed by atoms with van der Waals surface area (Å²) >= 11 is 1.69. The van der Waals surface area contributed by atoms with Gasteiger partial charge in [0.2, 0.25) is 5.91 Å². The number of aryl methyl sites for hydroxylation is 1. The zero-order chi connectivity index (χ0) is 13.4. The van der Waals surface area contributed by atoms with E-state index in [9.17, 15) is 4.79 Å². The summed E-state index contributed by atoms with van der Waals surface area (Å²) in [6.45, 7) is 4.37. The Kier molecular flexibility index (Phi) is 3.56. The molecule has 0 aliphatic carbocycles. The highest BCUT2D eigenvalue weighted by Gasteiger charge is 2.48. The van der Waals surface area contributed by atoms with Crippen molar-refractivity contribution in [2.24, 2.45) is 5.92 Å². The summed E-state index contributed by atoms with van der Waals surface area (Å²) in [5, 5.41) is 5.95. The molecule has 2 saturated heterocycles. The first-order valence-electron chi connectivity index (χ1n) is 6.67. The number of amides is 1. The fourth-order valence-corrected chi connectivity index (χ4v) is 3.91. The molecule has 3 atom stereocenters. The monoisotopic (exact) mass is 281 g/mol. The number of carbonyl (C=O) groups is 1. The Balaban J connectivity index is 1.74. The Morgan fingerprint density at radius 3 is 3.21 bits per heavy atom. The smallest absolute Gasteiger partial charge is 0.226 e. The highest BCUT2D eigenvalue weighted by molar-refractivity contribution is 7.09. The van der Waals surface area contributed by atoms with Crippen LogP contribution in [-0.4, -0.2) is 48.1 Å². The van der Waals surface area contributed by atoms with E-state index in [-0.39, 0.29) is 17.9 Å². The molecule has 5 nitrogen and oxygen atoms in total. The molecule has 0 aromatic carbocycles. The first-order chi connectivity index (χ1) is 9.19. The van der Waals surface area contributed by atoms with Crippen LogP contribution < -0.4 is 5.32 Å². The second kappa shape index (κ2) is 5.19. The number of rotatable bonds is 3. The number of likely N-dealkylation sites (tertiary alicyclic amines) is 1.